The van der Waals surface area contributed by atoms with E-state index in [0.717, 1.165) is 18.2 Å². The smallest absolute Gasteiger partial charge is 0.337 e. The molecule has 1 aromatic rings. The van der Waals surface area contributed by atoms with E-state index in [1.54, 1.807) is 0 Å². The summed E-state index contributed by atoms with van der Waals surface area (Å²) in [5.74, 6) is -3.64. The number of ketones is 1. The molecule has 19 heavy (non-hydrogen) atoms. The molecule has 0 unspecified atom stereocenters. The SMILES string of the molecule is CC(=O)CC(=O)Nc1cc(C(=O)O)ccc1C(=O)O. The van der Waals surface area contributed by atoms with E-state index < -0.39 is 24.3 Å². The maximum absolute atomic E-state index is 11.4. The molecule has 0 atom stereocenters. The van der Waals surface area contributed by atoms with E-state index in [1.807, 2.05) is 0 Å². The van der Waals surface area contributed by atoms with Crippen molar-refractivity contribution in [3.8, 4) is 0 Å². The fourth-order valence-corrected chi connectivity index (χ4v) is 1.39. The number of benzene rings is 1. The molecule has 0 aliphatic rings. The molecule has 0 fully saturated rings. The third-order valence-corrected chi connectivity index (χ3v) is 2.18. The van der Waals surface area contributed by atoms with Gasteiger partial charge in [-0.2, -0.15) is 0 Å². The molecule has 1 aromatic carbocycles. The summed E-state index contributed by atoms with van der Waals surface area (Å²) in [7, 11) is 0. The van der Waals surface area contributed by atoms with E-state index in [0.29, 0.717) is 0 Å². The van der Waals surface area contributed by atoms with Gasteiger partial charge in [0.1, 0.15) is 5.78 Å². The maximum atomic E-state index is 11.4. The summed E-state index contributed by atoms with van der Waals surface area (Å²) >= 11 is 0. The summed E-state index contributed by atoms with van der Waals surface area (Å²) < 4.78 is 0. The monoisotopic (exact) mass is 265 g/mol. The number of nitrogens with one attached hydrogen (secondary N) is 1. The molecule has 3 N–H and O–H groups in total. The Morgan fingerprint density at radius 3 is 2.21 bits per heavy atom. The van der Waals surface area contributed by atoms with Gasteiger partial charge in [0.2, 0.25) is 5.91 Å². The Balaban J connectivity index is 3.11. The van der Waals surface area contributed by atoms with Crippen LogP contribution in [0.15, 0.2) is 18.2 Å². The number of carbonyl (C=O) groups is 4. The summed E-state index contributed by atoms with van der Waals surface area (Å²) in [6, 6.07) is 3.23. The molecule has 1 amide bonds. The summed E-state index contributed by atoms with van der Waals surface area (Å²) in [6.45, 7) is 1.21. The molecule has 7 nitrogen and oxygen atoms in total. The predicted molar refractivity (Wildman–Crippen MR) is 64.3 cm³/mol. The summed E-state index contributed by atoms with van der Waals surface area (Å²) in [5.41, 5.74) is -0.566. The van der Waals surface area contributed by atoms with Crippen LogP contribution in [0.25, 0.3) is 0 Å². The quantitative estimate of drug-likeness (QED) is 0.683. The minimum Gasteiger partial charge on any atom is -0.478 e. The third-order valence-electron chi connectivity index (χ3n) is 2.18. The maximum Gasteiger partial charge on any atom is 0.337 e. The largest absolute Gasteiger partial charge is 0.478 e. The van der Waals surface area contributed by atoms with Gasteiger partial charge in [-0.05, 0) is 25.1 Å². The Kier molecular flexibility index (Phi) is 4.36. The molecule has 0 saturated heterocycles. The standard InChI is InChI=1S/C12H11NO6/c1-6(14)4-10(15)13-9-5-7(11(16)17)2-3-8(9)12(18)19/h2-3,5H,4H2,1H3,(H,13,15)(H,16,17)(H,18,19). The van der Waals surface area contributed by atoms with Gasteiger partial charge >= 0.3 is 11.9 Å². The van der Waals surface area contributed by atoms with E-state index in [4.69, 9.17) is 10.2 Å². The van der Waals surface area contributed by atoms with Gasteiger partial charge in [0.05, 0.1) is 23.2 Å². The highest BCUT2D eigenvalue weighted by molar-refractivity contribution is 6.07. The molecule has 0 bridgehead atoms. The molecule has 0 aliphatic carbocycles. The minimum atomic E-state index is -1.31. The van der Waals surface area contributed by atoms with Crippen molar-refractivity contribution in [2.75, 3.05) is 5.32 Å². The van der Waals surface area contributed by atoms with E-state index in [9.17, 15) is 19.2 Å². The van der Waals surface area contributed by atoms with Gasteiger partial charge in [0.15, 0.2) is 0 Å². The lowest BCUT2D eigenvalue weighted by Crippen LogP contribution is -2.17. The van der Waals surface area contributed by atoms with Crippen molar-refractivity contribution in [1.29, 1.82) is 0 Å². The molecule has 0 aliphatic heterocycles. The second kappa shape index (κ2) is 5.76. The lowest BCUT2D eigenvalue weighted by atomic mass is 10.1. The van der Waals surface area contributed by atoms with Crippen molar-refractivity contribution in [3.05, 3.63) is 29.3 Å². The van der Waals surface area contributed by atoms with Crippen molar-refractivity contribution in [2.24, 2.45) is 0 Å². The minimum absolute atomic E-state index is 0.154. The first-order valence-electron chi connectivity index (χ1n) is 5.21. The summed E-state index contributed by atoms with van der Waals surface area (Å²) in [5, 5.41) is 19.9. The van der Waals surface area contributed by atoms with Crippen molar-refractivity contribution < 1.29 is 29.4 Å². The fraction of sp³-hybridized carbons (Fsp3) is 0.167. The zero-order valence-corrected chi connectivity index (χ0v) is 9.97. The Labute approximate surface area is 107 Å². The van der Waals surface area contributed by atoms with Crippen molar-refractivity contribution in [1.82, 2.24) is 0 Å². The number of carbonyl (C=O) groups excluding carboxylic acids is 2. The number of Topliss-reactive ketones (excluding diaryl/α,β-unsaturated/α-hetero) is 1. The van der Waals surface area contributed by atoms with Crippen LogP contribution in [-0.2, 0) is 9.59 Å². The highest BCUT2D eigenvalue weighted by Gasteiger charge is 2.16. The van der Waals surface area contributed by atoms with Crippen LogP contribution in [0.4, 0.5) is 5.69 Å². The molecule has 0 radical (unpaired) electrons. The number of rotatable bonds is 5. The number of anilines is 1. The van der Waals surface area contributed by atoms with Crippen molar-refractivity contribution in [3.63, 3.8) is 0 Å². The average Bonchev–Trinajstić information content (AvgIpc) is 2.26. The van der Waals surface area contributed by atoms with E-state index in [2.05, 4.69) is 5.32 Å². The first kappa shape index (κ1) is 14.4. The van der Waals surface area contributed by atoms with Crippen molar-refractivity contribution in [2.45, 2.75) is 13.3 Å². The second-order valence-corrected chi connectivity index (χ2v) is 3.80. The van der Waals surface area contributed by atoms with Gasteiger partial charge in [-0.25, -0.2) is 9.59 Å². The van der Waals surface area contributed by atoms with Gasteiger partial charge in [0.25, 0.3) is 0 Å². The first-order chi connectivity index (χ1) is 8.81. The topological polar surface area (TPSA) is 121 Å². The van der Waals surface area contributed by atoms with Crippen LogP contribution in [0.2, 0.25) is 0 Å². The van der Waals surface area contributed by atoms with Gasteiger partial charge in [-0.15, -0.1) is 0 Å². The van der Waals surface area contributed by atoms with Crippen LogP contribution >= 0.6 is 0 Å². The third kappa shape index (κ3) is 3.91. The van der Waals surface area contributed by atoms with Gasteiger partial charge < -0.3 is 15.5 Å². The normalized spacial score (nSPS) is 9.74. The number of aromatic carboxylic acids is 2. The van der Waals surface area contributed by atoms with E-state index in [1.165, 1.54) is 6.92 Å². The molecule has 1 rings (SSSR count). The van der Waals surface area contributed by atoms with Crippen LogP contribution in [0.5, 0.6) is 0 Å². The summed E-state index contributed by atoms with van der Waals surface area (Å²) in [4.78, 5) is 43.9. The second-order valence-electron chi connectivity index (χ2n) is 3.80. The number of amides is 1. The Morgan fingerprint density at radius 2 is 1.74 bits per heavy atom. The van der Waals surface area contributed by atoms with Gasteiger partial charge in [0, 0.05) is 0 Å². The zero-order chi connectivity index (χ0) is 14.6. The highest BCUT2D eigenvalue weighted by Crippen LogP contribution is 2.18. The van der Waals surface area contributed by atoms with Gasteiger partial charge in [-0.1, -0.05) is 0 Å². The molecule has 0 aromatic heterocycles. The molecule has 100 valence electrons. The van der Waals surface area contributed by atoms with Crippen LogP contribution in [-0.4, -0.2) is 33.8 Å². The molecular weight excluding hydrogens is 254 g/mol. The number of hydrogen-bond acceptors (Lipinski definition) is 4. The zero-order valence-electron chi connectivity index (χ0n) is 9.97. The predicted octanol–water partition coefficient (Wildman–Crippen LogP) is 1.00. The average molecular weight is 265 g/mol. The molecule has 0 heterocycles. The van der Waals surface area contributed by atoms with Crippen molar-refractivity contribution >= 4 is 29.3 Å². The number of carboxylic acids is 2. The van der Waals surface area contributed by atoms with E-state index >= 15 is 0 Å². The molecule has 7 heteroatoms. The fourth-order valence-electron chi connectivity index (χ4n) is 1.39. The van der Waals surface area contributed by atoms with Crippen LogP contribution in [0.1, 0.15) is 34.1 Å². The van der Waals surface area contributed by atoms with Crippen LogP contribution in [0.3, 0.4) is 0 Å². The van der Waals surface area contributed by atoms with Crippen LogP contribution < -0.4 is 5.32 Å². The lowest BCUT2D eigenvalue weighted by Gasteiger charge is -2.08. The number of hydrogen-bond donors (Lipinski definition) is 3. The highest BCUT2D eigenvalue weighted by atomic mass is 16.4. The molecule has 0 spiro atoms. The molecule has 0 saturated carbocycles. The lowest BCUT2D eigenvalue weighted by molar-refractivity contribution is -0.124. The Morgan fingerprint density at radius 1 is 1.11 bits per heavy atom. The summed E-state index contributed by atoms with van der Waals surface area (Å²) in [6.07, 6.45) is -0.406. The molecular formula is C12H11NO6. The first-order valence-corrected chi connectivity index (χ1v) is 5.21. The van der Waals surface area contributed by atoms with Crippen LogP contribution in [0, 0.1) is 0 Å². The Hall–Kier alpha value is -2.70. The van der Waals surface area contributed by atoms with E-state index in [-0.39, 0.29) is 22.6 Å². The Bertz CT molecular complexity index is 563. The van der Waals surface area contributed by atoms with Gasteiger partial charge in [-0.3, -0.25) is 9.59 Å². The number of carboxylic acid groups (broad SMARTS) is 2.